The Hall–Kier alpha value is -4.44. The first kappa shape index (κ1) is 25.6. The molecule has 0 aliphatic carbocycles. The van der Waals surface area contributed by atoms with Crippen LogP contribution in [0, 0.1) is 22.0 Å². The molecule has 1 unspecified atom stereocenters. The number of piperidine rings is 1. The molecule has 1 aliphatic heterocycles. The lowest BCUT2D eigenvalue weighted by atomic mass is 10.1. The van der Waals surface area contributed by atoms with Crippen LogP contribution in [-0.4, -0.2) is 55.7 Å². The van der Waals surface area contributed by atoms with Crippen LogP contribution in [-0.2, 0) is 24.9 Å². The Kier molecular flexibility index (Phi) is 7.12. The van der Waals surface area contributed by atoms with E-state index in [1.165, 1.54) is 47.8 Å². The van der Waals surface area contributed by atoms with Crippen LogP contribution in [0.4, 0.5) is 17.3 Å². The molecule has 4 rings (SSSR count). The predicted octanol–water partition coefficient (Wildman–Crippen LogP) is 0.419. The smallest absolute Gasteiger partial charge is 0.332 e. The molecule has 0 radical (unpaired) electrons. The highest BCUT2D eigenvalue weighted by Gasteiger charge is 2.27. The summed E-state index contributed by atoms with van der Waals surface area (Å²) in [6, 6.07) is 5.50. The van der Waals surface area contributed by atoms with Crippen molar-refractivity contribution in [2.75, 3.05) is 29.9 Å². The fraction of sp³-hybridized carbons (Fsp3) is 0.417. The summed E-state index contributed by atoms with van der Waals surface area (Å²) < 4.78 is 3.75. The molecule has 37 heavy (non-hydrogen) atoms. The van der Waals surface area contributed by atoms with Crippen molar-refractivity contribution in [2.45, 2.75) is 38.9 Å². The average molecular weight is 509 g/mol. The molecule has 1 saturated heterocycles. The van der Waals surface area contributed by atoms with Crippen LogP contribution in [0.1, 0.15) is 19.8 Å². The third-order valence-corrected chi connectivity index (χ3v) is 6.46. The second-order valence-electron chi connectivity index (χ2n) is 8.91. The topological polar surface area (TPSA) is 155 Å². The summed E-state index contributed by atoms with van der Waals surface area (Å²) in [6.45, 7) is 2.55. The summed E-state index contributed by atoms with van der Waals surface area (Å²) in [5.74, 6) is 5.68. The number of hydrogen-bond acceptors (Lipinski definition) is 8. The molecule has 2 aromatic heterocycles. The van der Waals surface area contributed by atoms with Gasteiger partial charge in [0.05, 0.1) is 17.2 Å². The van der Waals surface area contributed by atoms with E-state index in [2.05, 4.69) is 16.8 Å². The molecular weight excluding hydrogens is 480 g/mol. The van der Waals surface area contributed by atoms with Crippen molar-refractivity contribution in [1.82, 2.24) is 18.7 Å². The van der Waals surface area contributed by atoms with E-state index in [0.717, 1.165) is 17.4 Å². The minimum Gasteiger partial charge on any atom is -0.341 e. The van der Waals surface area contributed by atoms with Crippen LogP contribution in [0.2, 0.25) is 0 Å². The normalized spacial score (nSPS) is 15.4. The van der Waals surface area contributed by atoms with Gasteiger partial charge >= 0.3 is 5.69 Å². The lowest BCUT2D eigenvalue weighted by Gasteiger charge is -2.31. The number of non-ortho nitro benzene ring substituents is 1. The molecule has 1 amide bonds. The molecule has 1 fully saturated rings. The SMILES string of the molecule is CC#CCn1c(N2CCCC(N)C2)nc2c1c(=O)n(CC(=O)N(C)c1cccc([N+](=O)[O-])c1)c(=O)n2C. The maximum Gasteiger partial charge on any atom is 0.332 e. The third kappa shape index (κ3) is 4.83. The predicted molar refractivity (Wildman–Crippen MR) is 139 cm³/mol. The molecule has 194 valence electrons. The molecular formula is C24H28N8O5. The number of nitro benzene ring substituents is 1. The molecule has 2 N–H and O–H groups in total. The van der Waals surface area contributed by atoms with E-state index in [-0.39, 0.29) is 35.1 Å². The minimum atomic E-state index is -0.702. The van der Waals surface area contributed by atoms with Gasteiger partial charge in [-0.05, 0) is 25.8 Å². The highest BCUT2D eigenvalue weighted by molar-refractivity contribution is 5.93. The van der Waals surface area contributed by atoms with Crippen LogP contribution in [0.15, 0.2) is 33.9 Å². The average Bonchev–Trinajstić information content (AvgIpc) is 3.27. The van der Waals surface area contributed by atoms with Crippen LogP contribution in [0.3, 0.4) is 0 Å². The Balaban J connectivity index is 1.79. The Bertz CT molecular complexity index is 1560. The van der Waals surface area contributed by atoms with Crippen LogP contribution >= 0.6 is 0 Å². The second-order valence-corrected chi connectivity index (χ2v) is 8.91. The number of aromatic nitrogens is 4. The van der Waals surface area contributed by atoms with E-state index < -0.39 is 28.6 Å². The molecule has 1 aliphatic rings. The summed E-state index contributed by atoms with van der Waals surface area (Å²) in [5.41, 5.74) is 5.22. The van der Waals surface area contributed by atoms with Crippen LogP contribution in [0.5, 0.6) is 0 Å². The van der Waals surface area contributed by atoms with E-state index in [4.69, 9.17) is 5.73 Å². The van der Waals surface area contributed by atoms with Crippen LogP contribution < -0.4 is 26.8 Å². The van der Waals surface area contributed by atoms with E-state index in [9.17, 15) is 24.5 Å². The molecule has 0 bridgehead atoms. The van der Waals surface area contributed by atoms with Crippen molar-refractivity contribution in [3.8, 4) is 11.8 Å². The fourth-order valence-electron chi connectivity index (χ4n) is 4.44. The summed E-state index contributed by atoms with van der Waals surface area (Å²) in [6.07, 6.45) is 1.75. The number of aryl methyl sites for hydroxylation is 1. The quantitative estimate of drug-likeness (QED) is 0.285. The summed E-state index contributed by atoms with van der Waals surface area (Å²) in [7, 11) is 2.91. The number of nitrogens with two attached hydrogens (primary N) is 1. The van der Waals surface area contributed by atoms with E-state index in [0.29, 0.717) is 19.0 Å². The maximum absolute atomic E-state index is 13.6. The monoisotopic (exact) mass is 508 g/mol. The number of nitrogens with zero attached hydrogens (tertiary/aromatic N) is 7. The number of amides is 1. The van der Waals surface area contributed by atoms with Gasteiger partial charge in [-0.2, -0.15) is 4.98 Å². The molecule has 0 saturated carbocycles. The number of carbonyl (C=O) groups is 1. The van der Waals surface area contributed by atoms with Gasteiger partial charge in [-0.3, -0.25) is 28.8 Å². The number of anilines is 2. The Morgan fingerprint density at radius 2 is 2.08 bits per heavy atom. The van der Waals surface area contributed by atoms with E-state index in [1.807, 2.05) is 4.90 Å². The first-order chi connectivity index (χ1) is 17.6. The highest BCUT2D eigenvalue weighted by Crippen LogP contribution is 2.23. The third-order valence-electron chi connectivity index (χ3n) is 6.46. The number of fused-ring (bicyclic) bond motifs is 1. The molecule has 13 heteroatoms. The van der Waals surface area contributed by atoms with Gasteiger partial charge in [0.2, 0.25) is 11.9 Å². The summed E-state index contributed by atoms with van der Waals surface area (Å²) >= 11 is 0. The van der Waals surface area contributed by atoms with Crippen molar-refractivity contribution in [1.29, 1.82) is 0 Å². The van der Waals surface area contributed by atoms with Gasteiger partial charge in [-0.1, -0.05) is 12.0 Å². The maximum atomic E-state index is 13.6. The zero-order valence-corrected chi connectivity index (χ0v) is 20.9. The van der Waals surface area contributed by atoms with E-state index in [1.54, 1.807) is 11.5 Å². The molecule has 1 atom stereocenters. The van der Waals surface area contributed by atoms with Crippen LogP contribution in [0.25, 0.3) is 11.2 Å². The van der Waals surface area contributed by atoms with Crippen molar-refractivity contribution in [3.63, 3.8) is 0 Å². The molecule has 1 aromatic carbocycles. The van der Waals surface area contributed by atoms with Crippen molar-refractivity contribution >= 4 is 34.4 Å². The number of hydrogen-bond donors (Lipinski definition) is 1. The minimum absolute atomic E-state index is 0.0401. The number of imidazole rings is 1. The van der Waals surface area contributed by atoms with Gasteiger partial charge in [-0.25, -0.2) is 9.36 Å². The lowest BCUT2D eigenvalue weighted by molar-refractivity contribution is -0.384. The lowest BCUT2D eigenvalue weighted by Crippen LogP contribution is -2.44. The number of likely N-dealkylation sites (N-methyl/N-ethyl adjacent to an activating group) is 1. The first-order valence-corrected chi connectivity index (χ1v) is 11.7. The van der Waals surface area contributed by atoms with Crippen molar-refractivity contribution in [2.24, 2.45) is 12.8 Å². The number of carbonyl (C=O) groups excluding carboxylic acids is 1. The van der Waals surface area contributed by atoms with E-state index >= 15 is 0 Å². The summed E-state index contributed by atoms with van der Waals surface area (Å²) in [5, 5.41) is 11.1. The van der Waals surface area contributed by atoms with Crippen molar-refractivity contribution < 1.29 is 9.72 Å². The zero-order valence-electron chi connectivity index (χ0n) is 20.9. The Morgan fingerprint density at radius 1 is 1.32 bits per heavy atom. The van der Waals surface area contributed by atoms with Gasteiger partial charge < -0.3 is 15.5 Å². The number of rotatable bonds is 6. The van der Waals surface area contributed by atoms with Gasteiger partial charge in [0, 0.05) is 45.4 Å². The summed E-state index contributed by atoms with van der Waals surface area (Å²) in [4.78, 5) is 58.2. The molecule has 0 spiro atoms. The molecule has 3 aromatic rings. The first-order valence-electron chi connectivity index (χ1n) is 11.7. The standard InChI is InChI=1S/C24H28N8O5/c1-4-5-12-30-20-21(26-23(30)29-11-7-8-16(25)14-29)28(3)24(35)31(22(20)34)15-19(33)27(2)17-9-6-10-18(13-17)32(36)37/h6,9-10,13,16H,7-8,11-12,14-15,25H2,1-3H3. The van der Waals surface area contributed by atoms with Gasteiger partial charge in [0.1, 0.15) is 6.54 Å². The largest absolute Gasteiger partial charge is 0.341 e. The Morgan fingerprint density at radius 3 is 2.76 bits per heavy atom. The molecule has 3 heterocycles. The highest BCUT2D eigenvalue weighted by atomic mass is 16.6. The van der Waals surface area contributed by atoms with Gasteiger partial charge in [0.25, 0.3) is 11.2 Å². The number of nitro groups is 1. The zero-order chi connectivity index (χ0) is 26.9. The second kappa shape index (κ2) is 10.3. The fourth-order valence-corrected chi connectivity index (χ4v) is 4.44. The Labute approximate surface area is 211 Å². The van der Waals surface area contributed by atoms with Gasteiger partial charge in [0.15, 0.2) is 11.2 Å². The molecule has 13 nitrogen and oxygen atoms in total. The van der Waals surface area contributed by atoms with Gasteiger partial charge in [-0.15, -0.1) is 5.92 Å². The van der Waals surface area contributed by atoms with Crippen molar-refractivity contribution in [3.05, 3.63) is 55.2 Å². The number of benzene rings is 1.